The number of fused-ring (bicyclic) bond motifs is 1. The number of pyridine rings is 1. The van der Waals surface area contributed by atoms with E-state index >= 15 is 0 Å². The Bertz CT molecular complexity index is 806. The lowest BCUT2D eigenvalue weighted by molar-refractivity contribution is -0.137. The van der Waals surface area contributed by atoms with Crippen LogP contribution in [0.15, 0.2) is 54.7 Å². The minimum absolute atomic E-state index is 0.153. The number of hydrogen-bond acceptors (Lipinski definition) is 1. The van der Waals surface area contributed by atoms with Gasteiger partial charge in [0.05, 0.1) is 11.1 Å². The number of rotatable bonds is 1. The maximum Gasteiger partial charge on any atom is 0.417 e. The third-order valence-corrected chi connectivity index (χ3v) is 3.38. The highest BCUT2D eigenvalue weighted by molar-refractivity contribution is 5.84. The molecule has 0 N–H and O–H groups in total. The zero-order valence-electron chi connectivity index (χ0n) is 11.3. The van der Waals surface area contributed by atoms with E-state index in [4.69, 9.17) is 0 Å². The van der Waals surface area contributed by atoms with Crippen LogP contribution in [-0.4, -0.2) is 4.98 Å². The Kier molecular flexibility index (Phi) is 3.16. The summed E-state index contributed by atoms with van der Waals surface area (Å²) in [5, 5.41) is 0.829. The maximum atomic E-state index is 13.1. The van der Waals surface area contributed by atoms with Gasteiger partial charge in [-0.2, -0.15) is 13.2 Å². The molecule has 21 heavy (non-hydrogen) atoms. The molecular formula is C17H12F3N. The average molecular weight is 287 g/mol. The number of alkyl halides is 3. The quantitative estimate of drug-likeness (QED) is 0.597. The van der Waals surface area contributed by atoms with Crippen molar-refractivity contribution in [1.29, 1.82) is 0 Å². The molecule has 106 valence electrons. The topological polar surface area (TPSA) is 12.9 Å². The van der Waals surface area contributed by atoms with Crippen LogP contribution in [0, 0.1) is 6.92 Å². The number of hydrogen-bond donors (Lipinski definition) is 0. The number of benzene rings is 2. The zero-order valence-corrected chi connectivity index (χ0v) is 11.3. The van der Waals surface area contributed by atoms with E-state index in [2.05, 4.69) is 4.98 Å². The Labute approximate surface area is 120 Å². The highest BCUT2D eigenvalue weighted by Gasteiger charge is 2.33. The van der Waals surface area contributed by atoms with Gasteiger partial charge in [0.2, 0.25) is 0 Å². The molecule has 0 aliphatic carbocycles. The molecule has 0 fully saturated rings. The van der Waals surface area contributed by atoms with Crippen LogP contribution in [-0.2, 0) is 6.18 Å². The lowest BCUT2D eigenvalue weighted by atomic mass is 9.99. The van der Waals surface area contributed by atoms with E-state index in [1.54, 1.807) is 12.1 Å². The van der Waals surface area contributed by atoms with E-state index in [9.17, 15) is 13.2 Å². The van der Waals surface area contributed by atoms with E-state index in [1.165, 1.54) is 18.3 Å². The van der Waals surface area contributed by atoms with Crippen molar-refractivity contribution in [1.82, 2.24) is 4.98 Å². The van der Waals surface area contributed by atoms with Crippen molar-refractivity contribution in [2.45, 2.75) is 13.1 Å². The van der Waals surface area contributed by atoms with Gasteiger partial charge in [-0.15, -0.1) is 0 Å². The molecule has 0 saturated heterocycles. The molecule has 0 aliphatic heterocycles. The van der Waals surface area contributed by atoms with Crippen molar-refractivity contribution in [3.05, 3.63) is 65.9 Å². The van der Waals surface area contributed by atoms with Gasteiger partial charge in [0, 0.05) is 17.1 Å². The summed E-state index contributed by atoms with van der Waals surface area (Å²) in [6.07, 6.45) is -2.88. The van der Waals surface area contributed by atoms with Crippen LogP contribution in [0.2, 0.25) is 0 Å². The molecule has 1 aromatic heterocycles. The summed E-state index contributed by atoms with van der Waals surface area (Å²) in [4.78, 5) is 4.27. The summed E-state index contributed by atoms with van der Waals surface area (Å²) >= 11 is 0. The summed E-state index contributed by atoms with van der Waals surface area (Å²) in [6.45, 7) is 1.95. The van der Waals surface area contributed by atoms with Crippen LogP contribution in [0.1, 0.15) is 11.1 Å². The van der Waals surface area contributed by atoms with Crippen LogP contribution >= 0.6 is 0 Å². The van der Waals surface area contributed by atoms with Crippen LogP contribution in [0.25, 0.3) is 22.0 Å². The molecule has 0 spiro atoms. The smallest absolute Gasteiger partial charge is 0.256 e. The number of aryl methyl sites for hydroxylation is 1. The van der Waals surface area contributed by atoms with Gasteiger partial charge in [-0.1, -0.05) is 30.3 Å². The second-order valence-electron chi connectivity index (χ2n) is 4.96. The molecule has 0 aliphatic rings. The average Bonchev–Trinajstić information content (AvgIpc) is 2.46. The van der Waals surface area contributed by atoms with Crippen molar-refractivity contribution >= 4 is 10.9 Å². The van der Waals surface area contributed by atoms with Crippen molar-refractivity contribution in [2.75, 3.05) is 0 Å². The number of nitrogens with zero attached hydrogens (tertiary/aromatic N) is 1. The van der Waals surface area contributed by atoms with E-state index < -0.39 is 11.7 Å². The summed E-state index contributed by atoms with van der Waals surface area (Å²) in [6, 6.07) is 13.0. The molecule has 1 nitrogen and oxygen atoms in total. The molecule has 2 aromatic carbocycles. The number of halogens is 3. The fourth-order valence-corrected chi connectivity index (χ4v) is 2.36. The highest BCUT2D eigenvalue weighted by Crippen LogP contribution is 2.37. The first-order valence-electron chi connectivity index (χ1n) is 6.48. The summed E-state index contributed by atoms with van der Waals surface area (Å²) in [5.41, 5.74) is 1.83. The monoisotopic (exact) mass is 287 g/mol. The molecule has 0 bridgehead atoms. The van der Waals surface area contributed by atoms with Gasteiger partial charge in [0.15, 0.2) is 0 Å². The van der Waals surface area contributed by atoms with Crippen LogP contribution in [0.3, 0.4) is 0 Å². The Balaban J connectivity index is 2.19. The van der Waals surface area contributed by atoms with Crippen molar-refractivity contribution in [2.24, 2.45) is 0 Å². The maximum absolute atomic E-state index is 13.1. The Hall–Kier alpha value is -2.36. The fourth-order valence-electron chi connectivity index (χ4n) is 2.36. The first-order valence-corrected chi connectivity index (χ1v) is 6.48. The minimum atomic E-state index is -4.38. The largest absolute Gasteiger partial charge is 0.417 e. The van der Waals surface area contributed by atoms with Crippen molar-refractivity contribution in [3.63, 3.8) is 0 Å². The molecule has 0 unspecified atom stereocenters. The second kappa shape index (κ2) is 4.88. The van der Waals surface area contributed by atoms with Crippen LogP contribution in [0.4, 0.5) is 13.2 Å². The second-order valence-corrected chi connectivity index (χ2v) is 4.96. The van der Waals surface area contributed by atoms with E-state index in [0.29, 0.717) is 5.56 Å². The van der Waals surface area contributed by atoms with Gasteiger partial charge >= 0.3 is 6.18 Å². The van der Waals surface area contributed by atoms with Gasteiger partial charge in [0.1, 0.15) is 0 Å². The van der Waals surface area contributed by atoms with Gasteiger partial charge in [0.25, 0.3) is 0 Å². The minimum Gasteiger partial charge on any atom is -0.256 e. The zero-order chi connectivity index (χ0) is 15.0. The molecule has 0 atom stereocenters. The third-order valence-electron chi connectivity index (χ3n) is 3.38. The first kappa shape index (κ1) is 13.6. The fraction of sp³-hybridized carbons (Fsp3) is 0.118. The van der Waals surface area contributed by atoms with E-state index in [0.717, 1.165) is 22.5 Å². The molecule has 1 heterocycles. The standard InChI is InChI=1S/C17H12F3N/c1-11-6-7-12-9-13(10-21-16(12)8-11)14-4-2-3-5-15(14)17(18,19)20/h2-10H,1H3. The molecular weight excluding hydrogens is 275 g/mol. The molecule has 0 saturated carbocycles. The Morgan fingerprint density at radius 2 is 1.71 bits per heavy atom. The summed E-state index contributed by atoms with van der Waals surface area (Å²) in [5.74, 6) is 0. The van der Waals surface area contributed by atoms with Gasteiger partial charge in [-0.05, 0) is 36.2 Å². The van der Waals surface area contributed by atoms with E-state index in [1.807, 2.05) is 25.1 Å². The normalized spacial score (nSPS) is 11.8. The predicted octanol–water partition coefficient (Wildman–Crippen LogP) is 5.23. The van der Waals surface area contributed by atoms with Gasteiger partial charge in [-0.3, -0.25) is 4.98 Å². The molecule has 3 rings (SSSR count). The predicted molar refractivity (Wildman–Crippen MR) is 76.9 cm³/mol. The van der Waals surface area contributed by atoms with Crippen LogP contribution in [0.5, 0.6) is 0 Å². The molecule has 0 radical (unpaired) electrons. The van der Waals surface area contributed by atoms with Gasteiger partial charge < -0.3 is 0 Å². The first-order chi connectivity index (χ1) is 9.95. The molecule has 3 aromatic rings. The van der Waals surface area contributed by atoms with Crippen molar-refractivity contribution < 1.29 is 13.2 Å². The van der Waals surface area contributed by atoms with Crippen LogP contribution < -0.4 is 0 Å². The van der Waals surface area contributed by atoms with E-state index in [-0.39, 0.29) is 5.56 Å². The Morgan fingerprint density at radius 1 is 0.952 bits per heavy atom. The van der Waals surface area contributed by atoms with Crippen molar-refractivity contribution in [3.8, 4) is 11.1 Å². The Morgan fingerprint density at radius 3 is 2.48 bits per heavy atom. The van der Waals surface area contributed by atoms with Gasteiger partial charge in [-0.25, -0.2) is 0 Å². The third kappa shape index (κ3) is 2.61. The molecule has 4 heteroatoms. The molecule has 0 amide bonds. The summed E-state index contributed by atoms with van der Waals surface area (Å²) < 4.78 is 39.2. The summed E-state index contributed by atoms with van der Waals surface area (Å²) in [7, 11) is 0. The highest BCUT2D eigenvalue weighted by atomic mass is 19.4. The lowest BCUT2D eigenvalue weighted by Crippen LogP contribution is -2.06. The SMILES string of the molecule is Cc1ccc2cc(-c3ccccc3C(F)(F)F)cnc2c1. The number of aromatic nitrogens is 1. The lowest BCUT2D eigenvalue weighted by Gasteiger charge is -2.13.